The Morgan fingerprint density at radius 1 is 1.14 bits per heavy atom. The Bertz CT molecular complexity index is 799. The number of hydrogen-bond acceptors (Lipinski definition) is 4. The van der Waals surface area contributed by atoms with Gasteiger partial charge in [0.25, 0.3) is 5.91 Å². The van der Waals surface area contributed by atoms with E-state index in [0.717, 1.165) is 25.8 Å². The quantitative estimate of drug-likeness (QED) is 0.699. The molecule has 2 fully saturated rings. The number of sulfonamides is 1. The molecule has 1 N–H and O–H groups in total. The second-order valence-electron chi connectivity index (χ2n) is 7.70. The van der Waals surface area contributed by atoms with Crippen LogP contribution in [0.15, 0.2) is 29.2 Å². The van der Waals surface area contributed by atoms with Crippen LogP contribution in [0.4, 0.5) is 0 Å². The topological polar surface area (TPSA) is 86.8 Å². The van der Waals surface area contributed by atoms with Gasteiger partial charge in [-0.05, 0) is 55.9 Å². The molecule has 1 aromatic carbocycles. The number of amides is 2. The Kier molecular flexibility index (Phi) is 6.72. The molecule has 0 unspecified atom stereocenters. The Balaban J connectivity index is 1.50. The van der Waals surface area contributed by atoms with Crippen LogP contribution in [0.1, 0.15) is 49.4 Å². The molecule has 2 heterocycles. The number of nitrogens with one attached hydrogen (secondary N) is 1. The summed E-state index contributed by atoms with van der Waals surface area (Å²) in [7, 11) is -3.50. The third-order valence-electron chi connectivity index (χ3n) is 5.56. The van der Waals surface area contributed by atoms with Crippen LogP contribution in [-0.2, 0) is 14.8 Å². The van der Waals surface area contributed by atoms with Crippen molar-refractivity contribution in [3.8, 4) is 0 Å². The van der Waals surface area contributed by atoms with Gasteiger partial charge in [0.15, 0.2) is 0 Å². The largest absolute Gasteiger partial charge is 0.352 e. The molecule has 8 heteroatoms. The Hall–Kier alpha value is -1.93. The van der Waals surface area contributed by atoms with E-state index in [4.69, 9.17) is 0 Å². The average molecular weight is 408 g/mol. The maximum absolute atomic E-state index is 12.7. The lowest BCUT2D eigenvalue weighted by Crippen LogP contribution is -2.37. The number of likely N-dealkylation sites (tertiary alicyclic amines) is 1. The highest BCUT2D eigenvalue weighted by atomic mass is 32.2. The van der Waals surface area contributed by atoms with Crippen LogP contribution in [0.5, 0.6) is 0 Å². The minimum absolute atomic E-state index is 0.186. The van der Waals surface area contributed by atoms with Crippen LogP contribution in [0.2, 0.25) is 0 Å². The molecule has 28 heavy (non-hydrogen) atoms. The minimum atomic E-state index is -3.50. The standard InChI is InChI=1S/C20H29N3O4S/c1-16-9-14-23(15-10-16)28(26,27)18-7-5-17(6-8-18)20(25)21-11-3-13-22-12-2-4-19(22)24/h5-8,16H,2-4,9-15H2,1H3,(H,21,25). The van der Waals surface area contributed by atoms with Gasteiger partial charge < -0.3 is 10.2 Å². The van der Waals surface area contributed by atoms with Crippen LogP contribution in [0, 0.1) is 5.92 Å². The van der Waals surface area contributed by atoms with Gasteiger partial charge in [-0.15, -0.1) is 0 Å². The first kappa shape index (κ1) is 20.8. The summed E-state index contributed by atoms with van der Waals surface area (Å²) < 4.78 is 27.0. The fourth-order valence-electron chi connectivity index (χ4n) is 3.67. The first-order valence-corrected chi connectivity index (χ1v) is 11.5. The molecular weight excluding hydrogens is 378 g/mol. The number of hydrogen-bond donors (Lipinski definition) is 1. The summed E-state index contributed by atoms with van der Waals surface area (Å²) in [5, 5.41) is 2.83. The highest BCUT2D eigenvalue weighted by molar-refractivity contribution is 7.89. The van der Waals surface area contributed by atoms with Crippen molar-refractivity contribution in [2.75, 3.05) is 32.7 Å². The molecular formula is C20H29N3O4S. The van der Waals surface area contributed by atoms with Crippen LogP contribution in [0.25, 0.3) is 0 Å². The predicted molar refractivity (Wildman–Crippen MR) is 106 cm³/mol. The first-order valence-electron chi connectivity index (χ1n) is 10.0. The summed E-state index contributed by atoms with van der Waals surface area (Å²) in [5.41, 5.74) is 0.434. The van der Waals surface area contributed by atoms with Crippen molar-refractivity contribution in [1.29, 1.82) is 0 Å². The second kappa shape index (κ2) is 9.05. The Labute approximate surface area is 167 Å². The molecule has 0 spiro atoms. The lowest BCUT2D eigenvalue weighted by molar-refractivity contribution is -0.127. The van der Waals surface area contributed by atoms with E-state index >= 15 is 0 Å². The predicted octanol–water partition coefficient (Wildman–Crippen LogP) is 1.85. The third kappa shape index (κ3) is 4.91. The number of benzene rings is 1. The van der Waals surface area contributed by atoms with Gasteiger partial charge in [0, 0.05) is 44.7 Å². The lowest BCUT2D eigenvalue weighted by atomic mass is 10.0. The highest BCUT2D eigenvalue weighted by Crippen LogP contribution is 2.23. The molecule has 0 saturated carbocycles. The van der Waals surface area contributed by atoms with Crippen molar-refractivity contribution in [2.45, 2.75) is 43.9 Å². The van der Waals surface area contributed by atoms with Gasteiger partial charge in [0.1, 0.15) is 0 Å². The highest BCUT2D eigenvalue weighted by Gasteiger charge is 2.28. The molecule has 3 rings (SSSR count). The van der Waals surface area contributed by atoms with Crippen LogP contribution in [0.3, 0.4) is 0 Å². The molecule has 2 aliphatic heterocycles. The van der Waals surface area contributed by atoms with Gasteiger partial charge in [0.05, 0.1) is 4.90 Å². The van der Waals surface area contributed by atoms with Crippen molar-refractivity contribution in [2.24, 2.45) is 5.92 Å². The van der Waals surface area contributed by atoms with Crippen molar-refractivity contribution in [1.82, 2.24) is 14.5 Å². The maximum atomic E-state index is 12.7. The zero-order chi connectivity index (χ0) is 20.1. The maximum Gasteiger partial charge on any atom is 0.251 e. The van der Waals surface area contributed by atoms with E-state index in [0.29, 0.717) is 50.5 Å². The molecule has 2 saturated heterocycles. The first-order chi connectivity index (χ1) is 13.4. The third-order valence-corrected chi connectivity index (χ3v) is 7.47. The molecule has 0 aromatic heterocycles. The lowest BCUT2D eigenvalue weighted by Gasteiger charge is -2.29. The molecule has 0 aliphatic carbocycles. The van der Waals surface area contributed by atoms with Gasteiger partial charge in [-0.25, -0.2) is 8.42 Å². The van der Waals surface area contributed by atoms with Crippen molar-refractivity contribution in [3.63, 3.8) is 0 Å². The van der Waals surface area contributed by atoms with E-state index in [1.54, 1.807) is 12.1 Å². The number of rotatable bonds is 7. The molecule has 0 radical (unpaired) electrons. The average Bonchev–Trinajstić information content (AvgIpc) is 3.10. The number of carbonyl (C=O) groups is 2. The summed E-state index contributed by atoms with van der Waals surface area (Å²) >= 11 is 0. The van der Waals surface area contributed by atoms with E-state index in [-0.39, 0.29) is 16.7 Å². The number of nitrogens with zero attached hydrogens (tertiary/aromatic N) is 2. The monoisotopic (exact) mass is 407 g/mol. The second-order valence-corrected chi connectivity index (χ2v) is 9.64. The molecule has 0 bridgehead atoms. The van der Waals surface area contributed by atoms with Crippen LogP contribution >= 0.6 is 0 Å². The fourth-order valence-corrected chi connectivity index (χ4v) is 5.14. The van der Waals surface area contributed by atoms with Crippen LogP contribution < -0.4 is 5.32 Å². The van der Waals surface area contributed by atoms with E-state index in [2.05, 4.69) is 12.2 Å². The molecule has 2 aliphatic rings. The minimum Gasteiger partial charge on any atom is -0.352 e. The molecule has 7 nitrogen and oxygen atoms in total. The summed E-state index contributed by atoms with van der Waals surface area (Å²) in [5.74, 6) is 0.510. The zero-order valence-electron chi connectivity index (χ0n) is 16.4. The van der Waals surface area contributed by atoms with Crippen molar-refractivity contribution >= 4 is 21.8 Å². The molecule has 1 aromatic rings. The molecule has 2 amide bonds. The van der Waals surface area contributed by atoms with E-state index in [1.807, 2.05) is 4.90 Å². The summed E-state index contributed by atoms with van der Waals surface area (Å²) in [6, 6.07) is 6.12. The summed E-state index contributed by atoms with van der Waals surface area (Å²) in [6.45, 7) is 5.18. The number of piperidine rings is 1. The van der Waals surface area contributed by atoms with Gasteiger partial charge >= 0.3 is 0 Å². The van der Waals surface area contributed by atoms with Crippen LogP contribution in [-0.4, -0.2) is 62.2 Å². The molecule has 154 valence electrons. The Morgan fingerprint density at radius 3 is 2.43 bits per heavy atom. The van der Waals surface area contributed by atoms with E-state index < -0.39 is 10.0 Å². The van der Waals surface area contributed by atoms with Crippen molar-refractivity contribution < 1.29 is 18.0 Å². The summed E-state index contributed by atoms with van der Waals surface area (Å²) in [4.78, 5) is 25.9. The van der Waals surface area contributed by atoms with Gasteiger partial charge in [-0.3, -0.25) is 9.59 Å². The van der Waals surface area contributed by atoms with Gasteiger partial charge in [-0.1, -0.05) is 6.92 Å². The fraction of sp³-hybridized carbons (Fsp3) is 0.600. The summed E-state index contributed by atoms with van der Waals surface area (Å²) in [6.07, 6.45) is 4.00. The van der Waals surface area contributed by atoms with E-state index in [1.165, 1.54) is 16.4 Å². The van der Waals surface area contributed by atoms with Gasteiger partial charge in [0.2, 0.25) is 15.9 Å². The zero-order valence-corrected chi connectivity index (χ0v) is 17.2. The van der Waals surface area contributed by atoms with Gasteiger partial charge in [-0.2, -0.15) is 4.31 Å². The van der Waals surface area contributed by atoms with Crippen molar-refractivity contribution in [3.05, 3.63) is 29.8 Å². The smallest absolute Gasteiger partial charge is 0.251 e. The van der Waals surface area contributed by atoms with E-state index in [9.17, 15) is 18.0 Å². The normalized spacial score (nSPS) is 19.2. The number of carbonyl (C=O) groups excluding carboxylic acids is 2. The molecule has 0 atom stereocenters. The SMILES string of the molecule is CC1CCN(S(=O)(=O)c2ccc(C(=O)NCCCN3CCCC3=O)cc2)CC1. The Morgan fingerprint density at radius 2 is 1.82 bits per heavy atom.